The van der Waals surface area contributed by atoms with Crippen LogP contribution in [0.1, 0.15) is 12.7 Å². The van der Waals surface area contributed by atoms with E-state index < -0.39 is 0 Å². The van der Waals surface area contributed by atoms with Crippen LogP contribution < -0.4 is 10.6 Å². The molecule has 21 heavy (non-hydrogen) atoms. The van der Waals surface area contributed by atoms with E-state index >= 15 is 0 Å². The molecule has 0 saturated carbocycles. The summed E-state index contributed by atoms with van der Waals surface area (Å²) in [6, 6.07) is 10.3. The number of aliphatic imine (C=N–C) groups is 1. The van der Waals surface area contributed by atoms with Crippen molar-refractivity contribution in [3.05, 3.63) is 36.1 Å². The van der Waals surface area contributed by atoms with Crippen molar-refractivity contribution in [2.75, 3.05) is 27.3 Å². The summed E-state index contributed by atoms with van der Waals surface area (Å²) in [5.74, 6) is 1.75. The summed E-state index contributed by atoms with van der Waals surface area (Å²) in [6.07, 6.45) is 0.814. The Hall–Kier alpha value is -2.01. The van der Waals surface area contributed by atoms with Crippen molar-refractivity contribution in [1.82, 2.24) is 10.6 Å². The maximum Gasteiger partial charge on any atom is 0.191 e. The summed E-state index contributed by atoms with van der Waals surface area (Å²) in [5.41, 5.74) is 0.934. The van der Waals surface area contributed by atoms with Gasteiger partial charge in [-0.15, -0.1) is 0 Å². The molecule has 2 rings (SSSR count). The number of ether oxygens (including phenoxy) is 1. The quantitative estimate of drug-likeness (QED) is 0.632. The fourth-order valence-electron chi connectivity index (χ4n) is 2.18. The van der Waals surface area contributed by atoms with Gasteiger partial charge in [0.2, 0.25) is 0 Å². The average molecular weight is 289 g/mol. The van der Waals surface area contributed by atoms with Crippen LogP contribution in [0.25, 0.3) is 11.0 Å². The predicted octanol–water partition coefficient (Wildman–Crippen LogP) is 2.18. The van der Waals surface area contributed by atoms with Gasteiger partial charge in [0.25, 0.3) is 0 Å². The zero-order valence-electron chi connectivity index (χ0n) is 12.8. The zero-order valence-corrected chi connectivity index (χ0v) is 12.8. The molecule has 2 aromatic rings. The van der Waals surface area contributed by atoms with Crippen LogP contribution in [0.4, 0.5) is 0 Å². The number of hydrogen-bond donors (Lipinski definition) is 2. The Bertz CT molecular complexity index is 559. The van der Waals surface area contributed by atoms with Crippen molar-refractivity contribution in [3.63, 3.8) is 0 Å². The van der Waals surface area contributed by atoms with Gasteiger partial charge < -0.3 is 19.8 Å². The number of nitrogens with one attached hydrogen (secondary N) is 2. The molecule has 0 aliphatic rings. The number of fused-ring (bicyclic) bond motifs is 1. The predicted molar refractivity (Wildman–Crippen MR) is 85.8 cm³/mol. The summed E-state index contributed by atoms with van der Waals surface area (Å²) >= 11 is 0. The van der Waals surface area contributed by atoms with Gasteiger partial charge in [-0.25, -0.2) is 0 Å². The smallest absolute Gasteiger partial charge is 0.191 e. The van der Waals surface area contributed by atoms with E-state index in [4.69, 9.17) is 9.15 Å². The van der Waals surface area contributed by atoms with E-state index in [2.05, 4.69) is 34.7 Å². The third kappa shape index (κ3) is 4.49. The Morgan fingerprint density at radius 1 is 1.38 bits per heavy atom. The number of para-hydroxylation sites is 1. The molecular formula is C16H23N3O2. The Morgan fingerprint density at radius 3 is 2.90 bits per heavy atom. The van der Waals surface area contributed by atoms with Crippen molar-refractivity contribution in [2.45, 2.75) is 19.4 Å². The van der Waals surface area contributed by atoms with E-state index in [1.54, 1.807) is 14.2 Å². The Labute approximate surface area is 125 Å². The van der Waals surface area contributed by atoms with Crippen LogP contribution in [0.15, 0.2) is 39.7 Å². The standard InChI is InChI=1S/C16H23N3O2/c1-12(11-20-3)19-16(17-2)18-9-8-14-10-13-6-4-5-7-15(13)21-14/h4-7,10,12H,8-9,11H2,1-3H3,(H2,17,18,19). The average Bonchev–Trinajstić information content (AvgIpc) is 2.89. The monoisotopic (exact) mass is 289 g/mol. The Morgan fingerprint density at radius 2 is 2.19 bits per heavy atom. The van der Waals surface area contributed by atoms with Crippen molar-refractivity contribution in [2.24, 2.45) is 4.99 Å². The molecule has 1 heterocycles. The second kappa shape index (κ2) is 7.69. The molecule has 0 radical (unpaired) electrons. The van der Waals surface area contributed by atoms with Crippen LogP contribution in [-0.4, -0.2) is 39.3 Å². The van der Waals surface area contributed by atoms with Gasteiger partial charge in [-0.1, -0.05) is 18.2 Å². The minimum Gasteiger partial charge on any atom is -0.461 e. The highest BCUT2D eigenvalue weighted by molar-refractivity contribution is 5.80. The molecule has 0 spiro atoms. The van der Waals surface area contributed by atoms with E-state index in [1.165, 1.54) is 0 Å². The second-order valence-corrected chi connectivity index (χ2v) is 5.00. The molecule has 0 aliphatic carbocycles. The number of rotatable bonds is 6. The van der Waals surface area contributed by atoms with Gasteiger partial charge in [0.1, 0.15) is 11.3 Å². The van der Waals surface area contributed by atoms with E-state index in [0.717, 1.165) is 35.7 Å². The van der Waals surface area contributed by atoms with Gasteiger partial charge in [-0.2, -0.15) is 0 Å². The first kappa shape index (κ1) is 15.4. The lowest BCUT2D eigenvalue weighted by atomic mass is 10.2. The molecule has 0 saturated heterocycles. The first-order valence-corrected chi connectivity index (χ1v) is 7.16. The van der Waals surface area contributed by atoms with Crippen LogP contribution >= 0.6 is 0 Å². The maximum atomic E-state index is 5.78. The number of methoxy groups -OCH3 is 1. The minimum atomic E-state index is 0.215. The number of furan rings is 1. The first-order chi connectivity index (χ1) is 10.2. The summed E-state index contributed by atoms with van der Waals surface area (Å²) in [6.45, 7) is 3.46. The van der Waals surface area contributed by atoms with Gasteiger partial charge in [0, 0.05) is 38.6 Å². The lowest BCUT2D eigenvalue weighted by Crippen LogP contribution is -2.44. The van der Waals surface area contributed by atoms with Crippen molar-refractivity contribution in [1.29, 1.82) is 0 Å². The number of benzene rings is 1. The highest BCUT2D eigenvalue weighted by Crippen LogP contribution is 2.18. The van der Waals surface area contributed by atoms with Crippen molar-refractivity contribution >= 4 is 16.9 Å². The highest BCUT2D eigenvalue weighted by Gasteiger charge is 2.06. The molecule has 1 aromatic carbocycles. The summed E-state index contributed by atoms with van der Waals surface area (Å²) < 4.78 is 10.9. The van der Waals surface area contributed by atoms with Crippen molar-refractivity contribution in [3.8, 4) is 0 Å². The number of guanidine groups is 1. The Kier molecular flexibility index (Phi) is 5.63. The SMILES string of the molecule is CN=C(NCCc1cc2ccccc2o1)NC(C)COC. The zero-order chi connectivity index (χ0) is 15.1. The van der Waals surface area contributed by atoms with Crippen LogP contribution in [0.5, 0.6) is 0 Å². The van der Waals surface area contributed by atoms with Crippen LogP contribution in [0.3, 0.4) is 0 Å². The lowest BCUT2D eigenvalue weighted by molar-refractivity contribution is 0.179. The van der Waals surface area contributed by atoms with Gasteiger partial charge >= 0.3 is 0 Å². The maximum absolute atomic E-state index is 5.78. The van der Waals surface area contributed by atoms with Gasteiger partial charge in [0.15, 0.2) is 5.96 Å². The highest BCUT2D eigenvalue weighted by atomic mass is 16.5. The molecule has 114 valence electrons. The largest absolute Gasteiger partial charge is 0.461 e. The topological polar surface area (TPSA) is 58.8 Å². The molecule has 1 unspecified atom stereocenters. The number of hydrogen-bond acceptors (Lipinski definition) is 3. The van der Waals surface area contributed by atoms with E-state index in [-0.39, 0.29) is 6.04 Å². The summed E-state index contributed by atoms with van der Waals surface area (Å²) in [5, 5.41) is 7.68. The molecule has 0 fully saturated rings. The third-order valence-electron chi connectivity index (χ3n) is 3.16. The van der Waals surface area contributed by atoms with Gasteiger partial charge in [-0.3, -0.25) is 4.99 Å². The fraction of sp³-hybridized carbons (Fsp3) is 0.438. The normalized spacial score (nSPS) is 13.4. The van der Waals surface area contributed by atoms with Crippen molar-refractivity contribution < 1.29 is 9.15 Å². The molecular weight excluding hydrogens is 266 g/mol. The van der Waals surface area contributed by atoms with E-state index in [0.29, 0.717) is 6.61 Å². The Balaban J connectivity index is 1.82. The molecule has 1 aromatic heterocycles. The first-order valence-electron chi connectivity index (χ1n) is 7.16. The van der Waals surface area contributed by atoms with Gasteiger partial charge in [0.05, 0.1) is 6.61 Å². The fourth-order valence-corrected chi connectivity index (χ4v) is 2.18. The molecule has 1 atom stereocenters. The summed E-state index contributed by atoms with van der Waals surface area (Å²) in [4.78, 5) is 4.19. The molecule has 5 heteroatoms. The molecule has 0 amide bonds. The van der Waals surface area contributed by atoms with Crippen LogP contribution in [-0.2, 0) is 11.2 Å². The summed E-state index contributed by atoms with van der Waals surface area (Å²) in [7, 11) is 3.45. The van der Waals surface area contributed by atoms with Crippen LogP contribution in [0.2, 0.25) is 0 Å². The van der Waals surface area contributed by atoms with E-state index in [1.807, 2.05) is 18.2 Å². The number of nitrogens with zero attached hydrogens (tertiary/aromatic N) is 1. The van der Waals surface area contributed by atoms with Crippen LogP contribution in [0, 0.1) is 0 Å². The molecule has 2 N–H and O–H groups in total. The second-order valence-electron chi connectivity index (χ2n) is 5.00. The minimum absolute atomic E-state index is 0.215. The molecule has 5 nitrogen and oxygen atoms in total. The molecule has 0 aliphatic heterocycles. The molecule has 0 bridgehead atoms. The van der Waals surface area contributed by atoms with E-state index in [9.17, 15) is 0 Å². The third-order valence-corrected chi connectivity index (χ3v) is 3.16. The van der Waals surface area contributed by atoms with Gasteiger partial charge in [-0.05, 0) is 19.1 Å². The lowest BCUT2D eigenvalue weighted by Gasteiger charge is -2.16.